The number of rotatable bonds is 10. The first kappa shape index (κ1) is 16.9. The average Bonchev–Trinajstić information content (AvgIpc) is 2.42. The highest BCUT2D eigenvalue weighted by atomic mass is 16.5. The molecule has 0 fully saturated rings. The lowest BCUT2D eigenvalue weighted by Crippen LogP contribution is -2.40. The molecule has 1 rings (SSSR count). The summed E-state index contributed by atoms with van der Waals surface area (Å²) in [6, 6.07) is 3.58. The number of ether oxygens (including phenoxy) is 1. The highest BCUT2D eigenvalue weighted by Gasteiger charge is 2.13. The molecule has 0 aliphatic rings. The predicted octanol–water partition coefficient (Wildman–Crippen LogP) is -1.41. The molecule has 0 saturated heterocycles. The van der Waals surface area contributed by atoms with E-state index in [1.54, 1.807) is 19.4 Å². The van der Waals surface area contributed by atoms with Crippen molar-refractivity contribution in [3.8, 4) is 0 Å². The van der Waals surface area contributed by atoms with Crippen molar-refractivity contribution in [3.63, 3.8) is 0 Å². The van der Waals surface area contributed by atoms with E-state index >= 15 is 0 Å². The summed E-state index contributed by atoms with van der Waals surface area (Å²) in [6.07, 6.45) is 1.67. The third-order valence-electron chi connectivity index (χ3n) is 2.64. The van der Waals surface area contributed by atoms with Gasteiger partial charge in [-0.3, -0.25) is 9.59 Å². The number of hydrogen-bond donors (Lipinski definition) is 3. The topological polar surface area (TPSA) is 124 Å². The number of carbonyl (C=O) groups is 2. The van der Waals surface area contributed by atoms with Crippen molar-refractivity contribution < 1.29 is 14.3 Å². The average molecular weight is 295 g/mol. The summed E-state index contributed by atoms with van der Waals surface area (Å²) in [7, 11) is 1.64. The zero-order chi connectivity index (χ0) is 15.7. The van der Waals surface area contributed by atoms with Crippen LogP contribution < -0.4 is 21.7 Å². The Kier molecular flexibility index (Phi) is 7.13. The number of pyridine rings is 1. The van der Waals surface area contributed by atoms with Crippen LogP contribution in [0.15, 0.2) is 18.3 Å². The Morgan fingerprint density at radius 2 is 1.95 bits per heavy atom. The Hall–Kier alpha value is -2.19. The van der Waals surface area contributed by atoms with Crippen molar-refractivity contribution in [1.29, 1.82) is 0 Å². The fraction of sp³-hybridized carbons (Fsp3) is 0.462. The summed E-state index contributed by atoms with van der Waals surface area (Å²) in [5, 5.41) is 3.19. The molecule has 0 unspecified atom stereocenters. The molecule has 1 aromatic heterocycles. The highest BCUT2D eigenvalue weighted by Crippen LogP contribution is 2.10. The summed E-state index contributed by atoms with van der Waals surface area (Å²) in [5.74, 6) is -0.625. The minimum Gasteiger partial charge on any atom is -0.383 e. The van der Waals surface area contributed by atoms with E-state index in [-0.39, 0.29) is 13.1 Å². The van der Waals surface area contributed by atoms with E-state index in [1.165, 1.54) is 4.90 Å². The Labute approximate surface area is 123 Å². The van der Waals surface area contributed by atoms with Crippen LogP contribution in [0.3, 0.4) is 0 Å². The SMILES string of the molecule is COCCNCc1ccc(N(CC(N)=O)CC(N)=O)nc1. The standard InChI is InChI=1S/C13H21N5O3/c1-21-5-4-16-6-10-2-3-13(17-7-10)18(8-11(14)19)9-12(15)20/h2-3,7,16H,4-6,8-9H2,1H3,(H2,14,19)(H2,15,20). The van der Waals surface area contributed by atoms with Crippen LogP contribution in [0, 0.1) is 0 Å². The monoisotopic (exact) mass is 295 g/mol. The second-order valence-corrected chi connectivity index (χ2v) is 4.48. The summed E-state index contributed by atoms with van der Waals surface area (Å²) in [4.78, 5) is 27.7. The third-order valence-corrected chi connectivity index (χ3v) is 2.64. The lowest BCUT2D eigenvalue weighted by Gasteiger charge is -2.20. The Morgan fingerprint density at radius 3 is 2.43 bits per heavy atom. The largest absolute Gasteiger partial charge is 0.383 e. The number of amides is 2. The number of nitrogens with zero attached hydrogens (tertiary/aromatic N) is 2. The number of aromatic nitrogens is 1. The lowest BCUT2D eigenvalue weighted by molar-refractivity contribution is -0.117. The first-order valence-corrected chi connectivity index (χ1v) is 6.49. The number of nitrogens with one attached hydrogen (secondary N) is 1. The normalized spacial score (nSPS) is 10.3. The van der Waals surface area contributed by atoms with E-state index < -0.39 is 11.8 Å². The van der Waals surface area contributed by atoms with Crippen molar-refractivity contribution in [2.45, 2.75) is 6.54 Å². The molecule has 8 heteroatoms. The second-order valence-electron chi connectivity index (χ2n) is 4.48. The maximum Gasteiger partial charge on any atom is 0.237 e. The maximum atomic E-state index is 11.0. The lowest BCUT2D eigenvalue weighted by atomic mass is 10.2. The molecule has 1 aromatic rings. The number of hydrogen-bond acceptors (Lipinski definition) is 6. The number of nitrogens with two attached hydrogens (primary N) is 2. The summed E-state index contributed by atoms with van der Waals surface area (Å²) >= 11 is 0. The van der Waals surface area contributed by atoms with Crippen molar-refractivity contribution in [1.82, 2.24) is 10.3 Å². The molecule has 116 valence electrons. The van der Waals surface area contributed by atoms with E-state index in [0.717, 1.165) is 12.1 Å². The summed E-state index contributed by atoms with van der Waals surface area (Å²) in [5.41, 5.74) is 11.3. The van der Waals surface area contributed by atoms with Crippen molar-refractivity contribution in [2.24, 2.45) is 11.5 Å². The van der Waals surface area contributed by atoms with Gasteiger partial charge in [0, 0.05) is 26.4 Å². The van der Waals surface area contributed by atoms with Crippen LogP contribution in [0.1, 0.15) is 5.56 Å². The zero-order valence-corrected chi connectivity index (χ0v) is 12.0. The quantitative estimate of drug-likeness (QED) is 0.456. The van der Waals surface area contributed by atoms with Crippen molar-refractivity contribution in [3.05, 3.63) is 23.9 Å². The Bertz CT molecular complexity index is 447. The molecule has 0 saturated carbocycles. The molecule has 0 aliphatic heterocycles. The van der Waals surface area contributed by atoms with E-state index in [9.17, 15) is 9.59 Å². The van der Waals surface area contributed by atoms with Gasteiger partial charge in [-0.2, -0.15) is 0 Å². The molecular weight excluding hydrogens is 274 g/mol. The molecule has 2 amide bonds. The van der Waals surface area contributed by atoms with Gasteiger partial charge in [0.1, 0.15) is 5.82 Å². The van der Waals surface area contributed by atoms with Gasteiger partial charge in [0.05, 0.1) is 19.7 Å². The Morgan fingerprint density at radius 1 is 1.29 bits per heavy atom. The Balaban J connectivity index is 2.63. The van der Waals surface area contributed by atoms with Gasteiger partial charge in [0.15, 0.2) is 0 Å². The molecule has 21 heavy (non-hydrogen) atoms. The van der Waals surface area contributed by atoms with Gasteiger partial charge >= 0.3 is 0 Å². The van der Waals surface area contributed by atoms with Crippen LogP contribution in [-0.2, 0) is 20.9 Å². The maximum absolute atomic E-state index is 11.0. The fourth-order valence-electron chi connectivity index (χ4n) is 1.71. The molecule has 0 bridgehead atoms. The van der Waals surface area contributed by atoms with E-state index in [2.05, 4.69) is 10.3 Å². The van der Waals surface area contributed by atoms with Gasteiger partial charge in [0.2, 0.25) is 11.8 Å². The number of methoxy groups -OCH3 is 1. The number of carbonyl (C=O) groups excluding carboxylic acids is 2. The molecule has 1 heterocycles. The minimum atomic E-state index is -0.552. The number of anilines is 1. The van der Waals surface area contributed by atoms with Crippen LogP contribution in [0.5, 0.6) is 0 Å². The molecule has 0 aliphatic carbocycles. The molecule has 0 radical (unpaired) electrons. The first-order chi connectivity index (χ1) is 10.0. The van der Waals surface area contributed by atoms with Crippen LogP contribution >= 0.6 is 0 Å². The molecule has 5 N–H and O–H groups in total. The molecule has 0 aromatic carbocycles. The fourth-order valence-corrected chi connectivity index (χ4v) is 1.71. The number of primary amides is 2. The van der Waals surface area contributed by atoms with Gasteiger partial charge in [-0.05, 0) is 11.6 Å². The summed E-state index contributed by atoms with van der Waals surface area (Å²) < 4.78 is 4.93. The van der Waals surface area contributed by atoms with E-state index in [4.69, 9.17) is 16.2 Å². The van der Waals surface area contributed by atoms with Gasteiger partial charge in [0.25, 0.3) is 0 Å². The van der Waals surface area contributed by atoms with Crippen LogP contribution in [0.4, 0.5) is 5.82 Å². The van der Waals surface area contributed by atoms with Gasteiger partial charge in [-0.1, -0.05) is 6.07 Å². The van der Waals surface area contributed by atoms with Gasteiger partial charge in [-0.15, -0.1) is 0 Å². The van der Waals surface area contributed by atoms with E-state index in [1.807, 2.05) is 6.07 Å². The predicted molar refractivity (Wildman–Crippen MR) is 78.4 cm³/mol. The third kappa shape index (κ3) is 6.68. The molecule has 0 spiro atoms. The molecule has 0 atom stereocenters. The molecule has 8 nitrogen and oxygen atoms in total. The van der Waals surface area contributed by atoms with Gasteiger partial charge in [-0.25, -0.2) is 4.98 Å². The summed E-state index contributed by atoms with van der Waals surface area (Å²) in [6.45, 7) is 1.81. The minimum absolute atomic E-state index is 0.110. The van der Waals surface area contributed by atoms with Crippen molar-refractivity contribution in [2.75, 3.05) is 38.3 Å². The van der Waals surface area contributed by atoms with Crippen LogP contribution in [0.2, 0.25) is 0 Å². The first-order valence-electron chi connectivity index (χ1n) is 6.49. The van der Waals surface area contributed by atoms with Crippen molar-refractivity contribution >= 4 is 17.6 Å². The molecular formula is C13H21N5O3. The van der Waals surface area contributed by atoms with E-state index in [0.29, 0.717) is 19.0 Å². The second kappa shape index (κ2) is 8.88. The van der Waals surface area contributed by atoms with Crippen LogP contribution in [-0.4, -0.2) is 50.1 Å². The highest BCUT2D eigenvalue weighted by molar-refractivity contribution is 5.84. The smallest absolute Gasteiger partial charge is 0.237 e. The van der Waals surface area contributed by atoms with Crippen LogP contribution in [0.25, 0.3) is 0 Å². The zero-order valence-electron chi connectivity index (χ0n) is 12.0. The van der Waals surface area contributed by atoms with Gasteiger partial charge < -0.3 is 26.4 Å².